The van der Waals surface area contributed by atoms with Crippen molar-refractivity contribution in [2.75, 3.05) is 9.80 Å². The van der Waals surface area contributed by atoms with Crippen molar-refractivity contribution < 1.29 is 8.83 Å². The van der Waals surface area contributed by atoms with E-state index in [1.165, 1.54) is 65.2 Å². The molecule has 18 aromatic rings. The Hall–Kier alpha value is -11.3. The number of aromatic nitrogens is 2. The number of fused-ring (bicyclic) bond motifs is 18. The van der Waals surface area contributed by atoms with Gasteiger partial charge in [-0.2, -0.15) is 0 Å². The maximum absolute atomic E-state index is 7.18. The van der Waals surface area contributed by atoms with Gasteiger partial charge in [-0.3, -0.25) is 0 Å². The molecule has 0 unspecified atom stereocenters. The lowest BCUT2D eigenvalue weighted by Gasteiger charge is -2.27. The fourth-order valence-electron chi connectivity index (χ4n) is 14.7. The third-order valence-corrected chi connectivity index (χ3v) is 18.5. The summed E-state index contributed by atoms with van der Waals surface area (Å²) in [5.74, 6) is 0. The topological polar surface area (TPSA) is 41.6 Å². The van der Waals surface area contributed by atoms with Gasteiger partial charge in [-0.15, -0.1) is 0 Å². The van der Waals surface area contributed by atoms with Gasteiger partial charge in [0.15, 0.2) is 11.2 Å². The average molecular weight is 1120 g/mol. The lowest BCUT2D eigenvalue weighted by atomic mass is 10.0. The number of furan rings is 2. The molecule has 6 heterocycles. The summed E-state index contributed by atoms with van der Waals surface area (Å²) in [7, 11) is 0. The van der Waals surface area contributed by atoms with Gasteiger partial charge in [0.2, 0.25) is 0 Å². The van der Waals surface area contributed by atoms with Crippen LogP contribution in [0.3, 0.4) is 0 Å². The van der Waals surface area contributed by atoms with Crippen LogP contribution in [0.25, 0.3) is 137 Å². The highest BCUT2D eigenvalue weighted by Gasteiger charge is 2.28. The second-order valence-electron chi connectivity index (χ2n) is 23.2. The maximum atomic E-state index is 7.18. The Morgan fingerprint density at radius 1 is 0.379 bits per heavy atom. The van der Waals surface area contributed by atoms with Gasteiger partial charge >= 0.3 is 0 Å². The van der Waals surface area contributed by atoms with E-state index in [-0.39, 0.29) is 0 Å². The summed E-state index contributed by atoms with van der Waals surface area (Å²) in [6.07, 6.45) is 8.02. The molecule has 0 radical (unpaired) electrons. The Morgan fingerprint density at radius 2 is 0.805 bits per heavy atom. The molecule has 18 rings (SSSR count). The second kappa shape index (κ2) is 18.6. The maximum Gasteiger partial charge on any atom is 0.159 e. The molecule has 87 heavy (non-hydrogen) atoms. The van der Waals surface area contributed by atoms with E-state index in [2.05, 4.69) is 295 Å². The van der Waals surface area contributed by atoms with E-state index in [0.29, 0.717) is 0 Å². The minimum atomic E-state index is 0.847. The molecule has 0 aliphatic rings. The van der Waals surface area contributed by atoms with Gasteiger partial charge in [0.25, 0.3) is 0 Å². The molecule has 0 atom stereocenters. The zero-order chi connectivity index (χ0) is 57.8. The first kappa shape index (κ1) is 49.1. The fourth-order valence-corrected chi connectivity index (χ4v) is 14.7. The Bertz CT molecular complexity index is 5940. The molecular formula is C81H54N4O2. The summed E-state index contributed by atoms with van der Waals surface area (Å²) in [5.41, 5.74) is 23.4. The fraction of sp³-hybridized carbons (Fsp3) is 0.0370. The predicted molar refractivity (Wildman–Crippen MR) is 368 cm³/mol. The number of nitrogens with zero attached hydrogens (tertiary/aromatic N) is 4. The number of anilines is 6. The lowest BCUT2D eigenvalue weighted by molar-refractivity contribution is 0.667. The van der Waals surface area contributed by atoms with Gasteiger partial charge in [-0.1, -0.05) is 207 Å². The van der Waals surface area contributed by atoms with Crippen molar-refractivity contribution in [3.63, 3.8) is 0 Å². The molecule has 410 valence electrons. The van der Waals surface area contributed by atoms with E-state index in [9.17, 15) is 0 Å². The first-order chi connectivity index (χ1) is 42.9. The van der Waals surface area contributed by atoms with Gasteiger partial charge in [0.05, 0.1) is 44.5 Å². The van der Waals surface area contributed by atoms with Crippen molar-refractivity contribution in [2.45, 2.75) is 20.8 Å². The Morgan fingerprint density at radius 3 is 1.32 bits per heavy atom. The minimum Gasteiger partial charge on any atom is -0.453 e. The molecule has 6 nitrogen and oxygen atoms in total. The molecule has 0 aliphatic carbocycles. The number of hydrogen-bond donors (Lipinski definition) is 0. The molecule has 6 aromatic heterocycles. The highest BCUT2D eigenvalue weighted by atomic mass is 16.3. The monoisotopic (exact) mass is 1110 g/mol. The standard InChI is InChI=1S/C81H54N4O2/c1-5-7-21-50(6-2)56-28-17-34-64-66-40-36-48(3)74(80(66)86-78(56)64)82(52-24-13-9-14-25-52)54-38-42-58-60-30-19-32-62-68-47-73-69(46-72(68)84(76(60)62)70(58)44-54)63-33-20-31-61-59-43-39-55(45-71(59)85(73)77(61)63)83(53-26-15-10-16-27-53)75-49(4)37-41-67-65-35-18-29-57(79(65)87-81(67)75)51-22-11-8-12-23-51/h5-47H,1H2,2-4H3/b21-7-,50-6+. The van der Waals surface area contributed by atoms with Crippen molar-refractivity contribution >= 4 is 160 Å². The summed E-state index contributed by atoms with van der Waals surface area (Å²) < 4.78 is 19.4. The molecule has 6 heteroatoms. The Balaban J connectivity index is 0.849. The van der Waals surface area contributed by atoms with Crippen LogP contribution in [-0.2, 0) is 0 Å². The molecule has 12 aromatic carbocycles. The van der Waals surface area contributed by atoms with E-state index in [1.807, 2.05) is 12.2 Å². The van der Waals surface area contributed by atoms with Crippen molar-refractivity contribution in [1.82, 2.24) is 8.80 Å². The third-order valence-electron chi connectivity index (χ3n) is 18.5. The van der Waals surface area contributed by atoms with Crippen LogP contribution in [0, 0.1) is 13.8 Å². The SMILES string of the molecule is C=C/C=C\C(=C/C)c1cccc2c1oc1c(N(c3ccccc3)c3ccc4c5cccc6c7cc8c(cc7n(c4c3)c56)c3cccc4c5ccc(N(c6ccccc6)c6c(C)ccc7c6oc6c(-c9ccccc9)cccc67)cc5n8c43)c(C)ccc12. The average Bonchev–Trinajstić information content (AvgIpc) is 1.55. The molecular weight excluding hydrogens is 1060 g/mol. The summed E-state index contributed by atoms with van der Waals surface area (Å²) in [5, 5.41) is 14.1. The van der Waals surface area contributed by atoms with Gasteiger partial charge in [-0.05, 0) is 104 Å². The Labute approximate surface area is 500 Å². The number of para-hydroxylation sites is 6. The number of benzene rings is 12. The molecule has 0 bridgehead atoms. The highest BCUT2D eigenvalue weighted by molar-refractivity contribution is 6.29. The van der Waals surface area contributed by atoms with E-state index in [1.54, 1.807) is 0 Å². The van der Waals surface area contributed by atoms with Crippen molar-refractivity contribution in [1.29, 1.82) is 0 Å². The van der Waals surface area contributed by atoms with Gasteiger partial charge < -0.3 is 27.4 Å². The van der Waals surface area contributed by atoms with Crippen molar-refractivity contribution in [3.8, 4) is 11.1 Å². The number of hydrogen-bond acceptors (Lipinski definition) is 4. The van der Waals surface area contributed by atoms with Crippen molar-refractivity contribution in [2.24, 2.45) is 0 Å². The molecule has 0 spiro atoms. The zero-order valence-electron chi connectivity index (χ0n) is 48.1. The quantitative estimate of drug-likeness (QED) is 0.128. The van der Waals surface area contributed by atoms with Crippen LogP contribution in [0.15, 0.2) is 276 Å². The number of rotatable bonds is 10. The van der Waals surface area contributed by atoms with Gasteiger partial charge in [0, 0.05) is 98.5 Å². The van der Waals surface area contributed by atoms with E-state index < -0.39 is 0 Å². The summed E-state index contributed by atoms with van der Waals surface area (Å²) >= 11 is 0. The lowest BCUT2D eigenvalue weighted by Crippen LogP contribution is -2.11. The van der Waals surface area contributed by atoms with Crippen LogP contribution in [0.2, 0.25) is 0 Å². The normalized spacial score (nSPS) is 12.6. The van der Waals surface area contributed by atoms with Crippen LogP contribution < -0.4 is 9.80 Å². The summed E-state index contributed by atoms with van der Waals surface area (Å²) in [6.45, 7) is 10.4. The van der Waals surface area contributed by atoms with Gasteiger partial charge in [-0.25, -0.2) is 0 Å². The van der Waals surface area contributed by atoms with Gasteiger partial charge in [0.1, 0.15) is 11.2 Å². The van der Waals surface area contributed by atoms with E-state index in [4.69, 9.17) is 8.83 Å². The van der Waals surface area contributed by atoms with E-state index >= 15 is 0 Å². The van der Waals surface area contributed by atoms with Crippen LogP contribution >= 0.6 is 0 Å². The smallest absolute Gasteiger partial charge is 0.159 e. The second-order valence-corrected chi connectivity index (χ2v) is 23.2. The van der Waals surface area contributed by atoms with Crippen molar-refractivity contribution in [3.05, 3.63) is 284 Å². The first-order valence-corrected chi connectivity index (χ1v) is 29.9. The Kier molecular flexibility index (Phi) is 10.5. The third kappa shape index (κ3) is 6.92. The molecule has 0 amide bonds. The van der Waals surface area contributed by atoms with Crippen LogP contribution in [0.4, 0.5) is 34.1 Å². The zero-order valence-corrected chi connectivity index (χ0v) is 48.1. The largest absolute Gasteiger partial charge is 0.453 e. The van der Waals surface area contributed by atoms with Crippen LogP contribution in [-0.4, -0.2) is 8.80 Å². The molecule has 0 N–H and O–H groups in total. The van der Waals surface area contributed by atoms with E-state index in [0.717, 1.165) is 122 Å². The predicted octanol–water partition coefficient (Wildman–Crippen LogP) is 23.2. The van der Waals surface area contributed by atoms with Crippen LogP contribution in [0.5, 0.6) is 0 Å². The molecule has 0 fully saturated rings. The summed E-state index contributed by atoms with van der Waals surface area (Å²) in [6, 6.07) is 86.5. The summed E-state index contributed by atoms with van der Waals surface area (Å²) in [4.78, 5) is 4.79. The number of aryl methyl sites for hydroxylation is 2. The number of allylic oxidation sites excluding steroid dienone is 5. The first-order valence-electron chi connectivity index (χ1n) is 29.9. The highest BCUT2D eigenvalue weighted by Crippen LogP contribution is 2.51. The molecule has 0 aliphatic heterocycles. The molecule has 0 saturated heterocycles. The molecule has 0 saturated carbocycles. The van der Waals surface area contributed by atoms with Crippen LogP contribution in [0.1, 0.15) is 23.6 Å². The minimum absolute atomic E-state index is 0.847.